The standard InChI is InChI=1S/C16H19N5O3/c1-10-8-12(10)16(23)18-7-4-13(22)19-9-14-20-15(21-24-14)11-2-5-17-6-3-11/h2-3,5-6,10,12H,4,7-9H2,1H3,(H,18,23)(H,19,22). The summed E-state index contributed by atoms with van der Waals surface area (Å²) in [5.74, 6) is 1.22. The fraction of sp³-hybridized carbons (Fsp3) is 0.438. The number of carbonyl (C=O) groups excluding carboxylic acids is 2. The molecule has 0 aromatic carbocycles. The highest BCUT2D eigenvalue weighted by Crippen LogP contribution is 2.37. The van der Waals surface area contributed by atoms with Gasteiger partial charge in [0.05, 0.1) is 6.54 Å². The molecular weight excluding hydrogens is 310 g/mol. The van der Waals surface area contributed by atoms with Crippen molar-refractivity contribution >= 4 is 11.8 Å². The van der Waals surface area contributed by atoms with Crippen LogP contribution in [0.1, 0.15) is 25.7 Å². The third-order valence-electron chi connectivity index (χ3n) is 3.94. The third-order valence-corrected chi connectivity index (χ3v) is 3.94. The monoisotopic (exact) mass is 329 g/mol. The minimum Gasteiger partial charge on any atom is -0.355 e. The van der Waals surface area contributed by atoms with E-state index < -0.39 is 0 Å². The second kappa shape index (κ2) is 7.20. The normalized spacial score (nSPS) is 18.9. The van der Waals surface area contributed by atoms with Gasteiger partial charge in [0.2, 0.25) is 23.5 Å². The van der Waals surface area contributed by atoms with E-state index in [1.54, 1.807) is 24.5 Å². The van der Waals surface area contributed by atoms with Crippen molar-refractivity contribution in [2.24, 2.45) is 11.8 Å². The van der Waals surface area contributed by atoms with Gasteiger partial charge in [0.15, 0.2) is 0 Å². The molecule has 1 aliphatic rings. The molecular formula is C16H19N5O3. The number of hydrogen-bond acceptors (Lipinski definition) is 6. The smallest absolute Gasteiger partial charge is 0.246 e. The first-order valence-electron chi connectivity index (χ1n) is 7.91. The van der Waals surface area contributed by atoms with Gasteiger partial charge in [0, 0.05) is 36.8 Å². The fourth-order valence-corrected chi connectivity index (χ4v) is 2.33. The van der Waals surface area contributed by atoms with Crippen LogP contribution in [0.25, 0.3) is 11.4 Å². The van der Waals surface area contributed by atoms with Crippen LogP contribution in [0, 0.1) is 11.8 Å². The molecule has 2 atom stereocenters. The lowest BCUT2D eigenvalue weighted by atomic mass is 10.2. The number of aromatic nitrogens is 3. The van der Waals surface area contributed by atoms with E-state index >= 15 is 0 Å². The lowest BCUT2D eigenvalue weighted by Crippen LogP contribution is -2.31. The van der Waals surface area contributed by atoms with E-state index in [-0.39, 0.29) is 30.7 Å². The van der Waals surface area contributed by atoms with Crippen LogP contribution in [0.3, 0.4) is 0 Å². The second-order valence-corrected chi connectivity index (χ2v) is 5.88. The zero-order chi connectivity index (χ0) is 16.9. The Bertz CT molecular complexity index is 716. The highest BCUT2D eigenvalue weighted by molar-refractivity contribution is 5.82. The maximum absolute atomic E-state index is 11.8. The molecule has 126 valence electrons. The fourth-order valence-electron chi connectivity index (χ4n) is 2.33. The molecule has 8 heteroatoms. The van der Waals surface area contributed by atoms with Crippen molar-refractivity contribution in [1.82, 2.24) is 25.8 Å². The van der Waals surface area contributed by atoms with Crippen LogP contribution < -0.4 is 10.6 Å². The summed E-state index contributed by atoms with van der Waals surface area (Å²) in [6.45, 7) is 2.53. The van der Waals surface area contributed by atoms with Gasteiger partial charge in [-0.05, 0) is 24.5 Å². The molecule has 8 nitrogen and oxygen atoms in total. The van der Waals surface area contributed by atoms with Gasteiger partial charge in [0.1, 0.15) is 0 Å². The summed E-state index contributed by atoms with van der Waals surface area (Å²) in [5.41, 5.74) is 0.795. The van der Waals surface area contributed by atoms with E-state index in [0.29, 0.717) is 24.2 Å². The van der Waals surface area contributed by atoms with Crippen LogP contribution in [0.4, 0.5) is 0 Å². The van der Waals surface area contributed by atoms with Gasteiger partial charge in [0.25, 0.3) is 0 Å². The summed E-state index contributed by atoms with van der Waals surface area (Å²) in [6, 6.07) is 3.55. The second-order valence-electron chi connectivity index (χ2n) is 5.88. The molecule has 2 N–H and O–H groups in total. The molecule has 0 aliphatic heterocycles. The summed E-state index contributed by atoms with van der Waals surface area (Å²) in [5, 5.41) is 9.33. The van der Waals surface area contributed by atoms with Crippen LogP contribution in [-0.2, 0) is 16.1 Å². The molecule has 0 spiro atoms. The Balaban J connectivity index is 1.38. The van der Waals surface area contributed by atoms with E-state index in [4.69, 9.17) is 4.52 Å². The Labute approximate surface area is 139 Å². The van der Waals surface area contributed by atoms with Crippen molar-refractivity contribution in [3.63, 3.8) is 0 Å². The quantitative estimate of drug-likeness (QED) is 0.781. The van der Waals surface area contributed by atoms with Gasteiger partial charge in [-0.3, -0.25) is 14.6 Å². The SMILES string of the molecule is CC1CC1C(=O)NCCC(=O)NCc1nc(-c2ccncc2)no1. The minimum atomic E-state index is -0.178. The third kappa shape index (κ3) is 4.15. The number of rotatable bonds is 7. The maximum Gasteiger partial charge on any atom is 0.246 e. The van der Waals surface area contributed by atoms with Gasteiger partial charge in [-0.15, -0.1) is 0 Å². The van der Waals surface area contributed by atoms with Crippen LogP contribution in [0.2, 0.25) is 0 Å². The molecule has 1 saturated carbocycles. The average molecular weight is 329 g/mol. The van der Waals surface area contributed by atoms with Gasteiger partial charge >= 0.3 is 0 Å². The highest BCUT2D eigenvalue weighted by Gasteiger charge is 2.38. The van der Waals surface area contributed by atoms with Crippen molar-refractivity contribution in [3.05, 3.63) is 30.4 Å². The topological polar surface area (TPSA) is 110 Å². The summed E-state index contributed by atoms with van der Waals surface area (Å²) < 4.78 is 5.10. The molecule has 24 heavy (non-hydrogen) atoms. The van der Waals surface area contributed by atoms with Crippen molar-refractivity contribution < 1.29 is 14.1 Å². The molecule has 1 fully saturated rings. The molecule has 2 heterocycles. The predicted octanol–water partition coefficient (Wildman–Crippen LogP) is 0.910. The van der Waals surface area contributed by atoms with Crippen LogP contribution in [-0.4, -0.2) is 33.5 Å². The lowest BCUT2D eigenvalue weighted by molar-refractivity contribution is -0.123. The van der Waals surface area contributed by atoms with Crippen LogP contribution >= 0.6 is 0 Å². The number of hydrogen-bond donors (Lipinski definition) is 2. The summed E-state index contributed by atoms with van der Waals surface area (Å²) in [6.07, 6.45) is 4.45. The molecule has 0 radical (unpaired) electrons. The molecule has 1 aliphatic carbocycles. The van der Waals surface area contributed by atoms with Gasteiger partial charge < -0.3 is 15.2 Å². The largest absolute Gasteiger partial charge is 0.355 e. The Morgan fingerprint density at radius 1 is 1.29 bits per heavy atom. The first-order chi connectivity index (χ1) is 11.6. The molecule has 2 aromatic rings. The number of amides is 2. The first-order valence-corrected chi connectivity index (χ1v) is 7.91. The molecule has 2 unspecified atom stereocenters. The van der Waals surface area contributed by atoms with Crippen LogP contribution in [0.15, 0.2) is 29.0 Å². The summed E-state index contributed by atoms with van der Waals surface area (Å²) in [7, 11) is 0. The van der Waals surface area contributed by atoms with Gasteiger partial charge in [-0.1, -0.05) is 12.1 Å². The average Bonchev–Trinajstić information content (AvgIpc) is 3.14. The number of nitrogens with zero attached hydrogens (tertiary/aromatic N) is 3. The lowest BCUT2D eigenvalue weighted by Gasteiger charge is -2.04. The van der Waals surface area contributed by atoms with Gasteiger partial charge in [-0.2, -0.15) is 4.98 Å². The Morgan fingerprint density at radius 3 is 2.75 bits per heavy atom. The Kier molecular flexibility index (Phi) is 4.83. The van der Waals surface area contributed by atoms with Crippen LogP contribution in [0.5, 0.6) is 0 Å². The summed E-state index contributed by atoms with van der Waals surface area (Å²) in [4.78, 5) is 31.5. The van der Waals surface area contributed by atoms with Crippen molar-refractivity contribution in [1.29, 1.82) is 0 Å². The van der Waals surface area contributed by atoms with E-state index in [2.05, 4.69) is 25.8 Å². The number of pyridine rings is 1. The van der Waals surface area contributed by atoms with Crippen molar-refractivity contribution in [3.8, 4) is 11.4 Å². The van der Waals surface area contributed by atoms with Crippen molar-refractivity contribution in [2.75, 3.05) is 6.54 Å². The molecule has 0 saturated heterocycles. The van der Waals surface area contributed by atoms with Gasteiger partial charge in [-0.25, -0.2) is 0 Å². The molecule has 3 rings (SSSR count). The van der Waals surface area contributed by atoms with E-state index in [1.807, 2.05) is 6.92 Å². The highest BCUT2D eigenvalue weighted by atomic mass is 16.5. The zero-order valence-electron chi connectivity index (χ0n) is 13.4. The molecule has 0 bridgehead atoms. The first kappa shape index (κ1) is 16.1. The Hall–Kier alpha value is -2.77. The predicted molar refractivity (Wildman–Crippen MR) is 84.3 cm³/mol. The van der Waals surface area contributed by atoms with Crippen molar-refractivity contribution in [2.45, 2.75) is 26.3 Å². The van der Waals surface area contributed by atoms with E-state index in [1.165, 1.54) is 0 Å². The zero-order valence-corrected chi connectivity index (χ0v) is 13.4. The van der Waals surface area contributed by atoms with E-state index in [0.717, 1.165) is 12.0 Å². The Morgan fingerprint density at radius 2 is 2.04 bits per heavy atom. The molecule has 2 amide bonds. The number of carbonyl (C=O) groups is 2. The molecule has 2 aromatic heterocycles. The maximum atomic E-state index is 11.8. The number of nitrogens with one attached hydrogen (secondary N) is 2. The van der Waals surface area contributed by atoms with E-state index in [9.17, 15) is 9.59 Å². The summed E-state index contributed by atoms with van der Waals surface area (Å²) >= 11 is 0. The minimum absolute atomic E-state index is 0.0363.